The number of benzene rings is 2. The Morgan fingerprint density at radius 2 is 1.76 bits per heavy atom. The van der Waals surface area contributed by atoms with Gasteiger partial charge in [-0.2, -0.15) is 0 Å². The standard InChI is InChI=1S/C20H27N/c1-5-21-20(19-11-7-9-16(3)17(19)4)13-12-18-10-6-8-15(2)14-18/h6-11,14,20-21H,5,12-13H2,1-4H3. The first-order chi connectivity index (χ1) is 10.1. The van der Waals surface area contributed by atoms with Gasteiger partial charge in [-0.15, -0.1) is 0 Å². The lowest BCUT2D eigenvalue weighted by molar-refractivity contribution is 0.513. The molecule has 1 N–H and O–H groups in total. The van der Waals surface area contributed by atoms with E-state index in [2.05, 4.69) is 75.5 Å². The Hall–Kier alpha value is -1.60. The molecule has 2 aromatic carbocycles. The number of nitrogens with one attached hydrogen (secondary N) is 1. The van der Waals surface area contributed by atoms with Crippen molar-refractivity contribution in [3.8, 4) is 0 Å². The highest BCUT2D eigenvalue weighted by Crippen LogP contribution is 2.24. The molecule has 0 spiro atoms. The molecule has 0 aromatic heterocycles. The van der Waals surface area contributed by atoms with Crippen molar-refractivity contribution in [2.75, 3.05) is 6.54 Å². The van der Waals surface area contributed by atoms with Crippen molar-refractivity contribution in [1.29, 1.82) is 0 Å². The molecule has 0 aliphatic rings. The quantitative estimate of drug-likeness (QED) is 0.794. The Kier molecular flexibility index (Phi) is 5.58. The average Bonchev–Trinajstić information content (AvgIpc) is 2.47. The van der Waals surface area contributed by atoms with Gasteiger partial charge in [-0.3, -0.25) is 0 Å². The molecule has 0 amide bonds. The third-order valence-corrected chi connectivity index (χ3v) is 4.28. The van der Waals surface area contributed by atoms with Gasteiger partial charge in [-0.05, 0) is 62.4 Å². The van der Waals surface area contributed by atoms with Crippen molar-refractivity contribution in [2.45, 2.75) is 46.6 Å². The molecule has 0 fully saturated rings. The van der Waals surface area contributed by atoms with Crippen molar-refractivity contribution in [2.24, 2.45) is 0 Å². The third kappa shape index (κ3) is 4.18. The topological polar surface area (TPSA) is 12.0 Å². The zero-order chi connectivity index (χ0) is 15.2. The van der Waals surface area contributed by atoms with Crippen molar-refractivity contribution in [3.63, 3.8) is 0 Å². The molecular formula is C20H27N. The number of hydrogen-bond donors (Lipinski definition) is 1. The molecule has 0 heterocycles. The summed E-state index contributed by atoms with van der Waals surface area (Å²) in [4.78, 5) is 0. The van der Waals surface area contributed by atoms with Gasteiger partial charge in [0.15, 0.2) is 0 Å². The van der Waals surface area contributed by atoms with Crippen LogP contribution in [0.25, 0.3) is 0 Å². The van der Waals surface area contributed by atoms with Crippen molar-refractivity contribution >= 4 is 0 Å². The van der Waals surface area contributed by atoms with Gasteiger partial charge in [0.05, 0.1) is 0 Å². The summed E-state index contributed by atoms with van der Waals surface area (Å²) >= 11 is 0. The van der Waals surface area contributed by atoms with Crippen LogP contribution >= 0.6 is 0 Å². The van der Waals surface area contributed by atoms with Crippen LogP contribution in [0.2, 0.25) is 0 Å². The highest BCUT2D eigenvalue weighted by Gasteiger charge is 2.13. The zero-order valence-electron chi connectivity index (χ0n) is 13.7. The number of aryl methyl sites for hydroxylation is 3. The van der Waals surface area contributed by atoms with Crippen LogP contribution in [0.4, 0.5) is 0 Å². The molecule has 0 radical (unpaired) electrons. The highest BCUT2D eigenvalue weighted by molar-refractivity contribution is 5.35. The summed E-state index contributed by atoms with van der Waals surface area (Å²) in [5.41, 5.74) is 7.03. The fraction of sp³-hybridized carbons (Fsp3) is 0.400. The molecule has 1 heteroatoms. The molecule has 1 atom stereocenters. The molecule has 0 aliphatic heterocycles. The van der Waals surface area contributed by atoms with E-state index in [9.17, 15) is 0 Å². The van der Waals surface area contributed by atoms with Crippen LogP contribution in [0.5, 0.6) is 0 Å². The van der Waals surface area contributed by atoms with E-state index in [-0.39, 0.29) is 0 Å². The van der Waals surface area contributed by atoms with Crippen LogP contribution in [0, 0.1) is 20.8 Å². The van der Waals surface area contributed by atoms with E-state index in [0.717, 1.165) is 19.4 Å². The largest absolute Gasteiger partial charge is 0.310 e. The molecule has 112 valence electrons. The highest BCUT2D eigenvalue weighted by atomic mass is 14.9. The summed E-state index contributed by atoms with van der Waals surface area (Å²) in [6, 6.07) is 15.9. The van der Waals surface area contributed by atoms with Crippen LogP contribution in [0.3, 0.4) is 0 Å². The molecule has 1 nitrogen and oxygen atoms in total. The maximum absolute atomic E-state index is 3.65. The van der Waals surface area contributed by atoms with Gasteiger partial charge < -0.3 is 5.32 Å². The Morgan fingerprint density at radius 3 is 2.48 bits per heavy atom. The summed E-state index contributed by atoms with van der Waals surface area (Å²) in [6.45, 7) is 9.79. The molecule has 0 saturated carbocycles. The summed E-state index contributed by atoms with van der Waals surface area (Å²) in [7, 11) is 0. The molecule has 21 heavy (non-hydrogen) atoms. The first-order valence-electron chi connectivity index (χ1n) is 7.97. The second-order valence-electron chi connectivity index (χ2n) is 5.93. The lowest BCUT2D eigenvalue weighted by atomic mass is 9.93. The van der Waals surface area contributed by atoms with Crippen LogP contribution < -0.4 is 5.32 Å². The maximum atomic E-state index is 3.65. The summed E-state index contributed by atoms with van der Waals surface area (Å²) in [5.74, 6) is 0. The zero-order valence-corrected chi connectivity index (χ0v) is 13.7. The van der Waals surface area contributed by atoms with Gasteiger partial charge >= 0.3 is 0 Å². The predicted molar refractivity (Wildman–Crippen MR) is 91.8 cm³/mol. The SMILES string of the molecule is CCNC(CCc1cccc(C)c1)c1cccc(C)c1C. The fourth-order valence-corrected chi connectivity index (χ4v) is 2.94. The monoisotopic (exact) mass is 281 g/mol. The molecule has 2 aromatic rings. The van der Waals surface area contributed by atoms with E-state index in [4.69, 9.17) is 0 Å². The Balaban J connectivity index is 2.14. The van der Waals surface area contributed by atoms with Crippen molar-refractivity contribution < 1.29 is 0 Å². The molecule has 0 aliphatic carbocycles. The van der Waals surface area contributed by atoms with Gasteiger partial charge in [-0.25, -0.2) is 0 Å². The Morgan fingerprint density at radius 1 is 1.00 bits per heavy atom. The van der Waals surface area contributed by atoms with Crippen LogP contribution in [-0.2, 0) is 6.42 Å². The smallest absolute Gasteiger partial charge is 0.0326 e. The van der Waals surface area contributed by atoms with Gasteiger partial charge in [0.2, 0.25) is 0 Å². The van der Waals surface area contributed by atoms with Gasteiger partial charge in [0.1, 0.15) is 0 Å². The van der Waals surface area contributed by atoms with Crippen LogP contribution in [0.1, 0.15) is 47.2 Å². The summed E-state index contributed by atoms with van der Waals surface area (Å²) < 4.78 is 0. The van der Waals surface area contributed by atoms with E-state index in [1.807, 2.05) is 0 Å². The average molecular weight is 281 g/mol. The van der Waals surface area contributed by atoms with Crippen LogP contribution in [0.15, 0.2) is 42.5 Å². The lowest BCUT2D eigenvalue weighted by Gasteiger charge is -2.21. The van der Waals surface area contributed by atoms with Gasteiger partial charge in [-0.1, -0.05) is 55.0 Å². The third-order valence-electron chi connectivity index (χ3n) is 4.28. The number of rotatable bonds is 6. The van der Waals surface area contributed by atoms with Gasteiger partial charge in [0.25, 0.3) is 0 Å². The Labute approximate surface area is 129 Å². The molecular weight excluding hydrogens is 254 g/mol. The van der Waals surface area contributed by atoms with E-state index in [0.29, 0.717) is 6.04 Å². The first-order valence-corrected chi connectivity index (χ1v) is 7.97. The second-order valence-corrected chi connectivity index (χ2v) is 5.93. The predicted octanol–water partition coefficient (Wildman–Crippen LogP) is 4.90. The first kappa shape index (κ1) is 15.8. The minimum Gasteiger partial charge on any atom is -0.310 e. The van der Waals surface area contributed by atoms with E-state index in [1.165, 1.54) is 27.8 Å². The fourth-order valence-electron chi connectivity index (χ4n) is 2.94. The summed E-state index contributed by atoms with van der Waals surface area (Å²) in [6.07, 6.45) is 2.26. The van der Waals surface area contributed by atoms with E-state index >= 15 is 0 Å². The molecule has 0 saturated heterocycles. The summed E-state index contributed by atoms with van der Waals surface area (Å²) in [5, 5.41) is 3.65. The Bertz CT molecular complexity index is 586. The second kappa shape index (κ2) is 7.42. The minimum absolute atomic E-state index is 0.440. The van der Waals surface area contributed by atoms with Gasteiger partial charge in [0, 0.05) is 6.04 Å². The maximum Gasteiger partial charge on any atom is 0.0326 e. The molecule has 0 bridgehead atoms. The van der Waals surface area contributed by atoms with Crippen molar-refractivity contribution in [3.05, 3.63) is 70.3 Å². The lowest BCUT2D eigenvalue weighted by Crippen LogP contribution is -2.22. The van der Waals surface area contributed by atoms with Crippen molar-refractivity contribution in [1.82, 2.24) is 5.32 Å². The van der Waals surface area contributed by atoms with E-state index < -0.39 is 0 Å². The molecule has 2 rings (SSSR count). The van der Waals surface area contributed by atoms with E-state index in [1.54, 1.807) is 0 Å². The molecule has 1 unspecified atom stereocenters. The minimum atomic E-state index is 0.440. The number of hydrogen-bond acceptors (Lipinski definition) is 1. The van der Waals surface area contributed by atoms with Crippen LogP contribution in [-0.4, -0.2) is 6.54 Å². The normalized spacial score (nSPS) is 12.4.